The summed E-state index contributed by atoms with van der Waals surface area (Å²) in [6.07, 6.45) is 2.45. The highest BCUT2D eigenvalue weighted by Gasteiger charge is 2.42. The quantitative estimate of drug-likeness (QED) is 0.235. The summed E-state index contributed by atoms with van der Waals surface area (Å²) in [6.45, 7) is 3.15. The summed E-state index contributed by atoms with van der Waals surface area (Å²) in [6, 6.07) is 48.6. The summed E-state index contributed by atoms with van der Waals surface area (Å²) in [4.78, 5) is 2.62. The van der Waals surface area contributed by atoms with Crippen LogP contribution in [0.4, 0.5) is 5.69 Å². The van der Waals surface area contributed by atoms with Crippen LogP contribution in [-0.2, 0) is 6.54 Å². The predicted molar refractivity (Wildman–Crippen MR) is 162 cm³/mol. The molecule has 0 amide bonds. The molecule has 0 atom stereocenters. The maximum atomic E-state index is 2.62. The highest BCUT2D eigenvalue weighted by atomic mass is 15.1. The van der Waals surface area contributed by atoms with E-state index < -0.39 is 0 Å². The minimum absolute atomic E-state index is 0.114. The predicted octanol–water partition coefficient (Wildman–Crippen LogP) is 7.81. The van der Waals surface area contributed by atoms with Gasteiger partial charge < -0.3 is 4.81 Å². The van der Waals surface area contributed by atoms with Gasteiger partial charge in [-0.3, -0.25) is 0 Å². The Balaban J connectivity index is 1.56. The van der Waals surface area contributed by atoms with Crippen LogP contribution in [0.3, 0.4) is 0 Å². The van der Waals surface area contributed by atoms with Crippen LogP contribution in [0.15, 0.2) is 139 Å². The summed E-state index contributed by atoms with van der Waals surface area (Å²) in [7, 11) is 0. The number of aryl methyl sites for hydroxylation is 1. The van der Waals surface area contributed by atoms with Crippen LogP contribution >= 0.6 is 0 Å². The average molecular weight is 485 g/mol. The second-order valence-corrected chi connectivity index (χ2v) is 10.2. The Kier molecular flexibility index (Phi) is 5.59. The normalized spacial score (nSPS) is 14.0. The number of hydrogen-bond donors (Lipinski definition) is 0. The van der Waals surface area contributed by atoms with Crippen LogP contribution in [0.2, 0.25) is 0 Å². The average Bonchev–Trinajstić information content (AvgIpc) is 2.98. The Morgan fingerprint density at radius 3 is 1.92 bits per heavy atom. The molecule has 2 aliphatic rings. The maximum absolute atomic E-state index is 2.62. The molecule has 0 fully saturated rings. The molecule has 2 heteroatoms. The molecule has 2 heterocycles. The van der Waals surface area contributed by atoms with Gasteiger partial charge >= 0.3 is 6.85 Å². The summed E-state index contributed by atoms with van der Waals surface area (Å²) in [5, 5.41) is 0. The van der Waals surface area contributed by atoms with Crippen molar-refractivity contribution in [3.8, 4) is 0 Å². The summed E-state index contributed by atoms with van der Waals surface area (Å²) >= 11 is 0. The van der Waals surface area contributed by atoms with Gasteiger partial charge in [-0.2, -0.15) is 0 Å². The lowest BCUT2D eigenvalue weighted by Crippen LogP contribution is -2.54. The molecule has 0 bridgehead atoms. The molecule has 5 aromatic rings. The Hall–Kier alpha value is -4.56. The van der Waals surface area contributed by atoms with Gasteiger partial charge in [-0.15, -0.1) is 0 Å². The largest absolute Gasteiger partial charge is 0.402 e. The minimum Gasteiger partial charge on any atom is -0.402 e. The Morgan fingerprint density at radius 2 is 1.21 bits per heavy atom. The second-order valence-electron chi connectivity index (χ2n) is 10.2. The molecule has 0 N–H and O–H groups in total. The molecule has 0 spiro atoms. The fourth-order valence-corrected chi connectivity index (χ4v) is 6.14. The Labute approximate surface area is 225 Å². The van der Waals surface area contributed by atoms with E-state index in [1.165, 1.54) is 61.1 Å². The molecule has 0 saturated heterocycles. The van der Waals surface area contributed by atoms with Gasteiger partial charge in [0, 0.05) is 12.2 Å². The van der Waals surface area contributed by atoms with E-state index in [-0.39, 0.29) is 6.85 Å². The van der Waals surface area contributed by atoms with Gasteiger partial charge in [0.1, 0.15) is 0 Å². The van der Waals surface area contributed by atoms with E-state index in [0.29, 0.717) is 0 Å². The Morgan fingerprint density at radius 1 is 0.605 bits per heavy atom. The van der Waals surface area contributed by atoms with Crippen LogP contribution in [-0.4, -0.2) is 6.85 Å². The number of benzene rings is 5. The standard InChI is InChI=1S/C36H28BN/c1-26-21-22-30-24-33-36(29-17-9-4-10-18-29)35(28-15-7-3-8-16-28)31-19-11-12-20-32(31)37(33)38(34(30)23-26)25-27-13-5-2-6-14-27/h2-24H,25H2,1H3. The van der Waals surface area contributed by atoms with Crippen molar-refractivity contribution in [2.45, 2.75) is 13.5 Å². The highest BCUT2D eigenvalue weighted by molar-refractivity contribution is 6.88. The zero-order valence-electron chi connectivity index (χ0n) is 21.5. The zero-order valence-corrected chi connectivity index (χ0v) is 21.5. The highest BCUT2D eigenvalue weighted by Crippen LogP contribution is 2.46. The van der Waals surface area contributed by atoms with Gasteiger partial charge in [-0.1, -0.05) is 133 Å². The first-order valence-corrected chi connectivity index (χ1v) is 13.4. The van der Waals surface area contributed by atoms with Gasteiger partial charge in [0.05, 0.1) is 0 Å². The molecule has 0 aliphatic carbocycles. The van der Waals surface area contributed by atoms with Crippen molar-refractivity contribution in [2.75, 3.05) is 4.81 Å². The first kappa shape index (κ1) is 22.6. The van der Waals surface area contributed by atoms with Crippen LogP contribution < -0.4 is 10.3 Å². The lowest BCUT2D eigenvalue weighted by Gasteiger charge is -2.42. The third kappa shape index (κ3) is 3.81. The van der Waals surface area contributed by atoms with Crippen molar-refractivity contribution < 1.29 is 0 Å². The van der Waals surface area contributed by atoms with Gasteiger partial charge in [-0.25, -0.2) is 0 Å². The van der Waals surface area contributed by atoms with Crippen molar-refractivity contribution >= 4 is 35.2 Å². The molecule has 0 radical (unpaired) electrons. The molecule has 0 unspecified atom stereocenters. The molecule has 0 aromatic heterocycles. The van der Waals surface area contributed by atoms with E-state index >= 15 is 0 Å². The number of allylic oxidation sites excluding steroid dienone is 2. The third-order valence-electron chi connectivity index (χ3n) is 7.80. The Bertz CT molecular complexity index is 1680. The molecule has 1 nitrogen and oxygen atoms in total. The lowest BCUT2D eigenvalue weighted by atomic mass is 9.40. The van der Waals surface area contributed by atoms with E-state index in [0.717, 1.165) is 6.54 Å². The molecule has 7 rings (SSSR count). The van der Waals surface area contributed by atoms with Crippen LogP contribution in [0.25, 0.3) is 17.2 Å². The van der Waals surface area contributed by atoms with Crippen molar-refractivity contribution in [3.05, 3.63) is 172 Å². The molecular formula is C36H28BN. The van der Waals surface area contributed by atoms with E-state index in [2.05, 4.69) is 151 Å². The SMILES string of the molecule is Cc1ccc2c(c1)N(Cc1ccccc1)B1C(=C2)C(c2ccccc2)=C(c2ccccc2)c2ccccc21. The van der Waals surface area contributed by atoms with Gasteiger partial charge in [0.15, 0.2) is 0 Å². The number of hydrogen-bond acceptors (Lipinski definition) is 1. The van der Waals surface area contributed by atoms with Crippen LogP contribution in [0, 0.1) is 6.92 Å². The fraction of sp³-hybridized carbons (Fsp3) is 0.0556. The molecule has 2 aliphatic heterocycles. The monoisotopic (exact) mass is 485 g/mol. The minimum atomic E-state index is 0.114. The summed E-state index contributed by atoms with van der Waals surface area (Å²) in [5.41, 5.74) is 14.4. The first-order valence-electron chi connectivity index (χ1n) is 13.4. The smallest absolute Gasteiger partial charge is 0.325 e. The first-order chi connectivity index (χ1) is 18.8. The number of nitrogens with zero attached hydrogens (tertiary/aromatic N) is 1. The van der Waals surface area contributed by atoms with Crippen molar-refractivity contribution in [1.29, 1.82) is 0 Å². The van der Waals surface area contributed by atoms with Gasteiger partial charge in [0.2, 0.25) is 0 Å². The molecule has 38 heavy (non-hydrogen) atoms. The summed E-state index contributed by atoms with van der Waals surface area (Å²) in [5.74, 6) is 0. The van der Waals surface area contributed by atoms with E-state index in [4.69, 9.17) is 0 Å². The lowest BCUT2D eigenvalue weighted by molar-refractivity contribution is 1.02. The third-order valence-corrected chi connectivity index (χ3v) is 7.80. The van der Waals surface area contributed by atoms with Crippen molar-refractivity contribution in [2.24, 2.45) is 0 Å². The van der Waals surface area contributed by atoms with Crippen LogP contribution in [0.5, 0.6) is 0 Å². The molecule has 180 valence electrons. The maximum Gasteiger partial charge on any atom is 0.325 e. The van der Waals surface area contributed by atoms with Crippen molar-refractivity contribution in [1.82, 2.24) is 0 Å². The topological polar surface area (TPSA) is 3.24 Å². The number of anilines is 1. The summed E-state index contributed by atoms with van der Waals surface area (Å²) < 4.78 is 0. The number of rotatable bonds is 4. The van der Waals surface area contributed by atoms with E-state index in [9.17, 15) is 0 Å². The zero-order chi connectivity index (χ0) is 25.5. The fourth-order valence-electron chi connectivity index (χ4n) is 6.14. The van der Waals surface area contributed by atoms with E-state index in [1.807, 2.05) is 0 Å². The number of fused-ring (bicyclic) bond motifs is 4. The van der Waals surface area contributed by atoms with Gasteiger partial charge in [-0.05, 0) is 68.5 Å². The molecule has 5 aromatic carbocycles. The van der Waals surface area contributed by atoms with Crippen LogP contribution in [0.1, 0.15) is 33.4 Å². The second kappa shape index (κ2) is 9.39. The van der Waals surface area contributed by atoms with Gasteiger partial charge in [0.25, 0.3) is 0 Å². The molecule has 0 saturated carbocycles. The molecular weight excluding hydrogens is 457 g/mol. The van der Waals surface area contributed by atoms with E-state index in [1.54, 1.807) is 0 Å². The van der Waals surface area contributed by atoms with Crippen molar-refractivity contribution in [3.63, 3.8) is 0 Å².